The van der Waals surface area contributed by atoms with Crippen molar-refractivity contribution in [3.05, 3.63) is 23.8 Å². The third kappa shape index (κ3) is 1.86. The molecule has 10 heavy (non-hydrogen) atoms. The molecule has 1 aromatic rings. The van der Waals surface area contributed by atoms with Crippen molar-refractivity contribution in [1.82, 2.24) is 9.97 Å². The van der Waals surface area contributed by atoms with Gasteiger partial charge >= 0.3 is 0 Å². The fourth-order valence-corrected chi connectivity index (χ4v) is 0.837. The lowest BCUT2D eigenvalue weighted by Crippen LogP contribution is -1.89. The first-order chi connectivity index (χ1) is 4.70. The Kier molecular flexibility index (Phi) is 2.53. The van der Waals surface area contributed by atoms with Gasteiger partial charge in [-0.15, -0.1) is 0 Å². The number of aryl methyl sites for hydroxylation is 1. The van der Waals surface area contributed by atoms with Crippen molar-refractivity contribution >= 4 is 22.6 Å². The Balaban J connectivity index is 2.89. The van der Waals surface area contributed by atoms with Gasteiger partial charge in [-0.3, -0.25) is 0 Å². The molecule has 1 rings (SSSR count). The zero-order chi connectivity index (χ0) is 7.56. The quantitative estimate of drug-likeness (QED) is 0.565. The van der Waals surface area contributed by atoms with Crippen LogP contribution in [0.1, 0.15) is 15.6 Å². The summed E-state index contributed by atoms with van der Waals surface area (Å²) in [6.07, 6.45) is 3.00. The Labute approximate surface area is 72.0 Å². The molecule has 0 aromatic carbocycles. The van der Waals surface area contributed by atoms with Crippen molar-refractivity contribution < 1.29 is 4.39 Å². The van der Waals surface area contributed by atoms with Crippen molar-refractivity contribution in [2.24, 2.45) is 0 Å². The summed E-state index contributed by atoms with van der Waals surface area (Å²) in [6.45, 7) is 1.77. The maximum absolute atomic E-state index is 12.5. The molecule has 4 heteroatoms. The van der Waals surface area contributed by atoms with E-state index in [0.29, 0.717) is 11.4 Å². The van der Waals surface area contributed by atoms with Crippen LogP contribution < -0.4 is 0 Å². The smallest absolute Gasteiger partial charge is 0.179 e. The second-order valence-electron chi connectivity index (χ2n) is 1.86. The van der Waals surface area contributed by atoms with Gasteiger partial charge in [-0.25, -0.2) is 14.4 Å². The fourth-order valence-electron chi connectivity index (χ4n) is 0.515. The summed E-state index contributed by atoms with van der Waals surface area (Å²) in [5.41, 5.74) is 0.520. The minimum Gasteiger partial charge on any atom is -0.241 e. The second-order valence-corrected chi connectivity index (χ2v) is 2.96. The molecule has 0 aliphatic carbocycles. The third-order valence-electron chi connectivity index (χ3n) is 1.05. The van der Waals surface area contributed by atoms with Crippen LogP contribution in [0.5, 0.6) is 0 Å². The third-order valence-corrected chi connectivity index (χ3v) is 1.77. The fraction of sp³-hybridized carbons (Fsp3) is 0.333. The van der Waals surface area contributed by atoms with E-state index in [4.69, 9.17) is 0 Å². The molecule has 0 saturated carbocycles. The highest BCUT2D eigenvalue weighted by Crippen LogP contribution is 2.22. The first-order valence-corrected chi connectivity index (χ1v) is 4.01. The van der Waals surface area contributed by atoms with Gasteiger partial charge in [-0.2, -0.15) is 0 Å². The SMILES string of the molecule is Cc1ncc(C(F)I)cn1. The molecule has 0 aliphatic heterocycles. The van der Waals surface area contributed by atoms with Crippen molar-refractivity contribution in [2.75, 3.05) is 0 Å². The maximum Gasteiger partial charge on any atom is 0.179 e. The summed E-state index contributed by atoms with van der Waals surface area (Å²) in [4.78, 5) is 7.69. The van der Waals surface area contributed by atoms with E-state index in [1.165, 1.54) is 12.4 Å². The lowest BCUT2D eigenvalue weighted by molar-refractivity contribution is 0.488. The first-order valence-electron chi connectivity index (χ1n) is 2.77. The first kappa shape index (κ1) is 7.84. The van der Waals surface area contributed by atoms with E-state index in [2.05, 4.69) is 9.97 Å². The van der Waals surface area contributed by atoms with Crippen LogP contribution in [0.2, 0.25) is 0 Å². The minimum absolute atomic E-state index is 0.520. The van der Waals surface area contributed by atoms with Gasteiger partial charge < -0.3 is 0 Å². The molecule has 1 atom stereocenters. The molecule has 0 bridgehead atoms. The van der Waals surface area contributed by atoms with E-state index in [-0.39, 0.29) is 0 Å². The number of halogens is 2. The van der Waals surface area contributed by atoms with Gasteiger partial charge in [0, 0.05) is 18.0 Å². The van der Waals surface area contributed by atoms with E-state index in [0.717, 1.165) is 0 Å². The monoisotopic (exact) mass is 252 g/mol. The molecule has 0 N–H and O–H groups in total. The highest BCUT2D eigenvalue weighted by molar-refractivity contribution is 14.1. The van der Waals surface area contributed by atoms with E-state index in [9.17, 15) is 4.39 Å². The minimum atomic E-state index is -1.00. The molecule has 0 radical (unpaired) electrons. The molecule has 1 aromatic heterocycles. The van der Waals surface area contributed by atoms with E-state index in [1.807, 2.05) is 0 Å². The molecular weight excluding hydrogens is 246 g/mol. The topological polar surface area (TPSA) is 25.8 Å². The van der Waals surface area contributed by atoms with Crippen LogP contribution in [0.3, 0.4) is 0 Å². The summed E-state index contributed by atoms with van der Waals surface area (Å²) in [7, 11) is 0. The number of rotatable bonds is 1. The average molecular weight is 252 g/mol. The predicted molar refractivity (Wildman–Crippen MR) is 44.6 cm³/mol. The normalized spacial score (nSPS) is 13.1. The van der Waals surface area contributed by atoms with Gasteiger partial charge in [-0.1, -0.05) is 0 Å². The molecule has 0 saturated heterocycles. The molecule has 0 fully saturated rings. The van der Waals surface area contributed by atoms with Crippen molar-refractivity contribution in [3.8, 4) is 0 Å². The van der Waals surface area contributed by atoms with Crippen LogP contribution in [-0.4, -0.2) is 9.97 Å². The summed E-state index contributed by atoms with van der Waals surface area (Å²) in [5.74, 6) is 0.667. The second kappa shape index (κ2) is 3.23. The molecule has 2 nitrogen and oxygen atoms in total. The molecule has 0 spiro atoms. The van der Waals surface area contributed by atoms with Crippen LogP contribution >= 0.6 is 22.6 Å². The van der Waals surface area contributed by atoms with Gasteiger partial charge in [0.05, 0.1) is 0 Å². The summed E-state index contributed by atoms with van der Waals surface area (Å²) >= 11 is 1.67. The highest BCUT2D eigenvalue weighted by atomic mass is 127. The maximum atomic E-state index is 12.5. The van der Waals surface area contributed by atoms with Gasteiger partial charge in [0.25, 0.3) is 0 Å². The van der Waals surface area contributed by atoms with Crippen LogP contribution in [0.25, 0.3) is 0 Å². The number of alkyl halides is 2. The average Bonchev–Trinajstić information content (AvgIpc) is 1.88. The molecular formula is C6H6FIN2. The summed E-state index contributed by atoms with van der Waals surface area (Å²) in [6, 6.07) is 0. The Bertz CT molecular complexity index is 209. The summed E-state index contributed by atoms with van der Waals surface area (Å²) < 4.78 is 11.5. The number of nitrogens with zero attached hydrogens (tertiary/aromatic N) is 2. The van der Waals surface area contributed by atoms with Gasteiger partial charge in [0.2, 0.25) is 0 Å². The van der Waals surface area contributed by atoms with E-state index >= 15 is 0 Å². The van der Waals surface area contributed by atoms with Gasteiger partial charge in [0.1, 0.15) is 5.82 Å². The standard InChI is InChI=1S/C6H6FIN2/c1-4-9-2-5(3-10-4)6(7)8/h2-3,6H,1H3. The van der Waals surface area contributed by atoms with Crippen molar-refractivity contribution in [2.45, 2.75) is 11.1 Å². The van der Waals surface area contributed by atoms with Crippen LogP contribution in [-0.2, 0) is 0 Å². The van der Waals surface area contributed by atoms with Crippen LogP contribution in [0.4, 0.5) is 4.39 Å². The molecule has 0 aliphatic rings. The Morgan fingerprint density at radius 2 is 2.00 bits per heavy atom. The summed E-state index contributed by atoms with van der Waals surface area (Å²) in [5, 5.41) is 0. The Hall–Kier alpha value is -0.260. The van der Waals surface area contributed by atoms with Crippen LogP contribution in [0.15, 0.2) is 12.4 Å². The van der Waals surface area contributed by atoms with Crippen LogP contribution in [0, 0.1) is 6.92 Å². The van der Waals surface area contributed by atoms with Gasteiger partial charge in [0.15, 0.2) is 4.18 Å². The Morgan fingerprint density at radius 3 is 2.40 bits per heavy atom. The van der Waals surface area contributed by atoms with Gasteiger partial charge in [-0.05, 0) is 29.5 Å². The predicted octanol–water partition coefficient (Wildman–Crippen LogP) is 2.19. The van der Waals surface area contributed by atoms with Crippen molar-refractivity contribution in [1.29, 1.82) is 0 Å². The number of hydrogen-bond donors (Lipinski definition) is 0. The number of aromatic nitrogens is 2. The lowest BCUT2D eigenvalue weighted by Gasteiger charge is -1.97. The molecule has 0 amide bonds. The molecule has 1 unspecified atom stereocenters. The largest absolute Gasteiger partial charge is 0.241 e. The van der Waals surface area contributed by atoms with E-state index < -0.39 is 4.18 Å². The lowest BCUT2D eigenvalue weighted by atomic mass is 10.4. The molecule has 54 valence electrons. The van der Waals surface area contributed by atoms with E-state index in [1.54, 1.807) is 29.5 Å². The van der Waals surface area contributed by atoms with Crippen molar-refractivity contribution in [3.63, 3.8) is 0 Å². The highest BCUT2D eigenvalue weighted by Gasteiger charge is 2.03. The molecule has 1 heterocycles. The Morgan fingerprint density at radius 1 is 1.50 bits per heavy atom. The number of hydrogen-bond acceptors (Lipinski definition) is 2. The zero-order valence-electron chi connectivity index (χ0n) is 5.38. The zero-order valence-corrected chi connectivity index (χ0v) is 7.54.